The van der Waals surface area contributed by atoms with Crippen LogP contribution in [0.15, 0.2) is 47.9 Å². The number of carbonyl (C=O) groups excluding carboxylic acids is 1. The van der Waals surface area contributed by atoms with E-state index in [0.29, 0.717) is 44.6 Å². The molecule has 0 unspecified atom stereocenters. The summed E-state index contributed by atoms with van der Waals surface area (Å²) in [7, 11) is -1.21. The molecule has 1 heterocycles. The van der Waals surface area contributed by atoms with Crippen LogP contribution in [0.1, 0.15) is 18.1 Å². The Morgan fingerprint density at radius 3 is 2.39 bits per heavy atom. The maximum absolute atomic E-state index is 13.5. The Morgan fingerprint density at radius 1 is 1.16 bits per heavy atom. The number of nitrogens with zero attached hydrogens (tertiary/aromatic N) is 1. The van der Waals surface area contributed by atoms with Gasteiger partial charge in [-0.15, -0.1) is 6.58 Å². The van der Waals surface area contributed by atoms with Gasteiger partial charge < -0.3 is 14.8 Å². The minimum atomic E-state index is -4.17. The Hall–Kier alpha value is -2.97. The Morgan fingerprint density at radius 2 is 1.81 bits per heavy atom. The van der Waals surface area contributed by atoms with Crippen molar-refractivity contribution in [2.24, 2.45) is 0 Å². The average molecular weight is 463 g/mol. The van der Waals surface area contributed by atoms with Crippen LogP contribution in [0.5, 0.6) is 11.5 Å². The number of carbonyl (C=O) groups is 1. The van der Waals surface area contributed by atoms with Gasteiger partial charge in [0.1, 0.15) is 0 Å². The first-order chi connectivity index (χ1) is 14.6. The van der Waals surface area contributed by atoms with Crippen LogP contribution in [-0.4, -0.2) is 35.1 Å². The lowest BCUT2D eigenvalue weighted by molar-refractivity contribution is -0.112. The highest BCUT2D eigenvalue weighted by Gasteiger charge is 2.40. The maximum atomic E-state index is 13.5. The molecule has 3 rings (SSSR count). The molecule has 0 saturated carbocycles. The van der Waals surface area contributed by atoms with Gasteiger partial charge in [0, 0.05) is 22.3 Å². The van der Waals surface area contributed by atoms with Crippen molar-refractivity contribution >= 4 is 44.5 Å². The van der Waals surface area contributed by atoms with Crippen LogP contribution in [0.25, 0.3) is 5.57 Å². The van der Waals surface area contributed by atoms with Crippen LogP contribution in [0.3, 0.4) is 0 Å². The third-order valence-corrected chi connectivity index (χ3v) is 7.17. The van der Waals surface area contributed by atoms with Crippen LogP contribution >= 0.6 is 11.6 Å². The van der Waals surface area contributed by atoms with Crippen molar-refractivity contribution in [3.63, 3.8) is 0 Å². The fourth-order valence-electron chi connectivity index (χ4n) is 3.48. The number of benzene rings is 2. The molecule has 0 aliphatic carbocycles. The molecule has 2 aromatic rings. The number of methoxy groups -OCH3 is 2. The Balaban J connectivity index is 2.20. The van der Waals surface area contributed by atoms with E-state index in [9.17, 15) is 13.2 Å². The molecule has 1 aliphatic heterocycles. The average Bonchev–Trinajstić information content (AvgIpc) is 2.72. The van der Waals surface area contributed by atoms with E-state index >= 15 is 0 Å². The molecule has 7 nitrogen and oxygen atoms in total. The molecule has 1 N–H and O–H groups in total. The van der Waals surface area contributed by atoms with Gasteiger partial charge in [0.25, 0.3) is 15.9 Å². The minimum Gasteiger partial charge on any atom is -0.493 e. The third kappa shape index (κ3) is 4.00. The van der Waals surface area contributed by atoms with Crippen molar-refractivity contribution in [3.05, 3.63) is 64.0 Å². The van der Waals surface area contributed by atoms with E-state index in [4.69, 9.17) is 21.1 Å². The monoisotopic (exact) mass is 462 g/mol. The number of sulfonamides is 1. The highest BCUT2D eigenvalue weighted by Crippen LogP contribution is 2.45. The molecular weight excluding hydrogens is 440 g/mol. The molecule has 1 amide bonds. The molecule has 0 saturated heterocycles. The first-order valence-electron chi connectivity index (χ1n) is 9.34. The van der Waals surface area contributed by atoms with E-state index in [1.807, 2.05) is 0 Å². The molecule has 31 heavy (non-hydrogen) atoms. The molecule has 0 bridgehead atoms. The lowest BCUT2D eigenvalue weighted by atomic mass is 10.0. The molecule has 9 heteroatoms. The quantitative estimate of drug-likeness (QED) is 0.644. The summed E-state index contributed by atoms with van der Waals surface area (Å²) in [5, 5.41) is 3.21. The highest BCUT2D eigenvalue weighted by atomic mass is 35.5. The maximum Gasteiger partial charge on any atom is 0.270 e. The largest absolute Gasteiger partial charge is 0.493 e. The second-order valence-corrected chi connectivity index (χ2v) is 9.15. The number of rotatable bonds is 6. The zero-order valence-electron chi connectivity index (χ0n) is 17.7. The van der Waals surface area contributed by atoms with Gasteiger partial charge >= 0.3 is 0 Å². The number of allylic oxidation sites excluding steroid dienone is 1. The molecule has 0 atom stereocenters. The molecule has 0 spiro atoms. The van der Waals surface area contributed by atoms with Crippen molar-refractivity contribution in [2.45, 2.75) is 13.8 Å². The van der Waals surface area contributed by atoms with Crippen molar-refractivity contribution in [3.8, 4) is 11.5 Å². The number of anilines is 2. The standard InChI is InChI=1S/C22H23ClN2O5S/c1-6-9-25-18-12-20(30-5)19(29-4)11-16(18)14(3)21(31(25,27)28)22(26)24-17-8-7-15(23)10-13(17)2/h6-8,10-12H,1,9H2,2-5H3,(H,24,26). The van der Waals surface area contributed by atoms with Gasteiger partial charge in [-0.3, -0.25) is 9.10 Å². The zero-order chi connectivity index (χ0) is 22.9. The topological polar surface area (TPSA) is 84.9 Å². The summed E-state index contributed by atoms with van der Waals surface area (Å²) >= 11 is 5.98. The van der Waals surface area contributed by atoms with E-state index in [2.05, 4.69) is 11.9 Å². The predicted molar refractivity (Wildman–Crippen MR) is 123 cm³/mol. The number of halogens is 1. The zero-order valence-corrected chi connectivity index (χ0v) is 19.2. The van der Waals surface area contributed by atoms with E-state index in [-0.39, 0.29) is 11.4 Å². The van der Waals surface area contributed by atoms with Gasteiger partial charge in [-0.1, -0.05) is 17.7 Å². The number of nitrogens with one attached hydrogen (secondary N) is 1. The number of amides is 1. The van der Waals surface area contributed by atoms with Crippen LogP contribution in [0, 0.1) is 6.92 Å². The predicted octanol–water partition coefficient (Wildman–Crippen LogP) is 4.37. The normalized spacial score (nSPS) is 14.7. The van der Waals surface area contributed by atoms with Gasteiger partial charge in [-0.2, -0.15) is 0 Å². The Bertz CT molecular complexity index is 1200. The van der Waals surface area contributed by atoms with Crippen molar-refractivity contribution < 1.29 is 22.7 Å². The second-order valence-electron chi connectivity index (χ2n) is 6.92. The summed E-state index contributed by atoms with van der Waals surface area (Å²) in [5.41, 5.74) is 2.42. The van der Waals surface area contributed by atoms with Gasteiger partial charge in [0.05, 0.1) is 26.5 Å². The number of ether oxygens (including phenoxy) is 2. The van der Waals surface area contributed by atoms with E-state index in [1.54, 1.807) is 44.2 Å². The molecular formula is C22H23ClN2O5S. The summed E-state index contributed by atoms with van der Waals surface area (Å²) in [6, 6.07) is 8.18. The van der Waals surface area contributed by atoms with Crippen LogP contribution in [-0.2, 0) is 14.8 Å². The first kappa shape index (κ1) is 22.7. The highest BCUT2D eigenvalue weighted by molar-refractivity contribution is 7.97. The fourth-order valence-corrected chi connectivity index (χ4v) is 5.42. The number of aryl methyl sites for hydroxylation is 1. The summed E-state index contributed by atoms with van der Waals surface area (Å²) in [5.74, 6) is 0.0622. The van der Waals surface area contributed by atoms with E-state index < -0.39 is 15.9 Å². The second kappa shape index (κ2) is 8.64. The fraction of sp³-hybridized carbons (Fsp3) is 0.227. The lowest BCUT2D eigenvalue weighted by Gasteiger charge is -2.32. The molecule has 2 aromatic carbocycles. The van der Waals surface area contributed by atoms with Crippen LogP contribution < -0.4 is 19.1 Å². The smallest absolute Gasteiger partial charge is 0.270 e. The minimum absolute atomic E-state index is 0.0190. The first-order valence-corrected chi connectivity index (χ1v) is 11.2. The number of hydrogen-bond donors (Lipinski definition) is 1. The Labute approximate surface area is 187 Å². The summed E-state index contributed by atoms with van der Waals surface area (Å²) in [6.07, 6.45) is 1.46. The van der Waals surface area contributed by atoms with Crippen LogP contribution in [0.2, 0.25) is 5.02 Å². The van der Waals surface area contributed by atoms with E-state index in [0.717, 1.165) is 4.31 Å². The van der Waals surface area contributed by atoms with E-state index in [1.165, 1.54) is 20.3 Å². The molecule has 164 valence electrons. The lowest BCUT2D eigenvalue weighted by Crippen LogP contribution is -2.39. The molecule has 0 aromatic heterocycles. The van der Waals surface area contributed by atoms with Gasteiger partial charge in [0.15, 0.2) is 16.4 Å². The summed E-state index contributed by atoms with van der Waals surface area (Å²) in [6.45, 7) is 7.00. The van der Waals surface area contributed by atoms with Gasteiger partial charge in [0.2, 0.25) is 0 Å². The van der Waals surface area contributed by atoms with Crippen molar-refractivity contribution in [1.82, 2.24) is 0 Å². The molecule has 0 fully saturated rings. The molecule has 0 radical (unpaired) electrons. The SMILES string of the molecule is C=CCN1c2cc(OC)c(OC)cc2C(C)=C(C(=O)Nc2ccc(Cl)cc2C)S1(=O)=O. The van der Waals surface area contributed by atoms with Gasteiger partial charge in [-0.25, -0.2) is 8.42 Å². The number of hydrogen-bond acceptors (Lipinski definition) is 5. The number of fused-ring (bicyclic) bond motifs is 1. The summed E-state index contributed by atoms with van der Waals surface area (Å²) in [4.78, 5) is 12.8. The molecule has 1 aliphatic rings. The summed E-state index contributed by atoms with van der Waals surface area (Å²) < 4.78 is 38.8. The van der Waals surface area contributed by atoms with Crippen molar-refractivity contribution in [1.29, 1.82) is 0 Å². The van der Waals surface area contributed by atoms with Crippen molar-refractivity contribution in [2.75, 3.05) is 30.4 Å². The van der Waals surface area contributed by atoms with Crippen LogP contribution in [0.4, 0.5) is 11.4 Å². The van der Waals surface area contributed by atoms with Gasteiger partial charge in [-0.05, 0) is 49.2 Å². The third-order valence-electron chi connectivity index (χ3n) is 5.00. The Kier molecular flexibility index (Phi) is 6.33.